The van der Waals surface area contributed by atoms with Gasteiger partial charge in [0.1, 0.15) is 5.69 Å². The van der Waals surface area contributed by atoms with Gasteiger partial charge in [0.05, 0.1) is 11.0 Å². The van der Waals surface area contributed by atoms with Crippen molar-refractivity contribution < 1.29 is 14.2 Å². The Morgan fingerprint density at radius 3 is 2.89 bits per heavy atom. The number of aryl methyl sites for hydroxylation is 1. The largest absolute Gasteiger partial charge is 0.377 e. The Morgan fingerprint density at radius 2 is 2.14 bits per heavy atom. The molecular formula is C20H20N4O4. The van der Waals surface area contributed by atoms with Crippen LogP contribution in [0.25, 0.3) is 22.8 Å². The first-order valence-electron chi connectivity index (χ1n) is 9.16. The standard InChI is InChI=1S/C20H20N4O4/c1-13-5-2-3-7-16(13)19-22-20(28-23-19)14-8-9-17(18(11-14)24(25)26)21-12-15-6-4-10-27-15/h2-3,5,7-9,11,15,21H,4,6,10,12H2,1H3/t15-/m0/s1. The van der Waals surface area contributed by atoms with E-state index in [-0.39, 0.29) is 17.7 Å². The zero-order valence-corrected chi connectivity index (χ0v) is 15.4. The van der Waals surface area contributed by atoms with Crippen LogP contribution in [0.1, 0.15) is 18.4 Å². The van der Waals surface area contributed by atoms with Crippen molar-refractivity contribution in [3.63, 3.8) is 0 Å². The molecule has 8 heteroatoms. The maximum Gasteiger partial charge on any atom is 0.293 e. The van der Waals surface area contributed by atoms with Crippen molar-refractivity contribution in [2.75, 3.05) is 18.5 Å². The van der Waals surface area contributed by atoms with Crippen molar-refractivity contribution in [3.05, 3.63) is 58.1 Å². The molecule has 1 N–H and O–H groups in total. The summed E-state index contributed by atoms with van der Waals surface area (Å²) in [5, 5.41) is 18.7. The lowest BCUT2D eigenvalue weighted by Gasteiger charge is -2.12. The molecular weight excluding hydrogens is 360 g/mol. The number of benzene rings is 2. The quantitative estimate of drug-likeness (QED) is 0.504. The normalized spacial score (nSPS) is 16.2. The van der Waals surface area contributed by atoms with E-state index in [1.54, 1.807) is 12.1 Å². The lowest BCUT2D eigenvalue weighted by atomic mass is 10.1. The minimum absolute atomic E-state index is 0.0360. The summed E-state index contributed by atoms with van der Waals surface area (Å²) in [6.07, 6.45) is 2.07. The van der Waals surface area contributed by atoms with Gasteiger partial charge in [-0.25, -0.2) is 0 Å². The molecule has 1 fully saturated rings. The van der Waals surface area contributed by atoms with Crippen LogP contribution < -0.4 is 5.32 Å². The predicted octanol–water partition coefficient (Wildman–Crippen LogP) is 4.21. The number of nitro benzene ring substituents is 1. The number of rotatable bonds is 6. The van der Waals surface area contributed by atoms with Crippen LogP contribution in [0.15, 0.2) is 47.0 Å². The molecule has 1 atom stereocenters. The van der Waals surface area contributed by atoms with E-state index < -0.39 is 4.92 Å². The molecule has 2 heterocycles. The summed E-state index contributed by atoms with van der Waals surface area (Å²) in [6, 6.07) is 12.6. The lowest BCUT2D eigenvalue weighted by molar-refractivity contribution is -0.383. The lowest BCUT2D eigenvalue weighted by Crippen LogP contribution is -2.18. The van der Waals surface area contributed by atoms with Crippen LogP contribution in [0.3, 0.4) is 0 Å². The second-order valence-electron chi connectivity index (χ2n) is 6.74. The molecule has 4 rings (SSSR count). The van der Waals surface area contributed by atoms with Gasteiger partial charge in [-0.2, -0.15) is 4.98 Å². The first kappa shape index (κ1) is 18.1. The highest BCUT2D eigenvalue weighted by atomic mass is 16.6. The number of nitro groups is 1. The monoisotopic (exact) mass is 380 g/mol. The van der Waals surface area contributed by atoms with E-state index in [2.05, 4.69) is 15.5 Å². The number of hydrogen-bond acceptors (Lipinski definition) is 7. The fourth-order valence-electron chi connectivity index (χ4n) is 3.27. The zero-order chi connectivity index (χ0) is 19.5. The smallest absolute Gasteiger partial charge is 0.293 e. The molecule has 8 nitrogen and oxygen atoms in total. The third-order valence-corrected chi connectivity index (χ3v) is 4.80. The van der Waals surface area contributed by atoms with Gasteiger partial charge in [-0.1, -0.05) is 29.4 Å². The SMILES string of the molecule is Cc1ccccc1-c1noc(-c2ccc(NC[C@@H]3CCCO3)c([N+](=O)[O-])c2)n1. The van der Waals surface area contributed by atoms with Gasteiger partial charge >= 0.3 is 0 Å². The molecule has 0 unspecified atom stereocenters. The molecule has 2 aromatic carbocycles. The minimum Gasteiger partial charge on any atom is -0.377 e. The van der Waals surface area contributed by atoms with Crippen LogP contribution in [-0.4, -0.2) is 34.3 Å². The van der Waals surface area contributed by atoms with Gasteiger partial charge in [-0.15, -0.1) is 0 Å². The van der Waals surface area contributed by atoms with Crippen LogP contribution in [0.4, 0.5) is 11.4 Å². The first-order chi connectivity index (χ1) is 13.6. The maximum atomic E-state index is 11.5. The van der Waals surface area contributed by atoms with Crippen molar-refractivity contribution in [1.29, 1.82) is 0 Å². The second kappa shape index (κ2) is 7.77. The van der Waals surface area contributed by atoms with Gasteiger partial charge in [0.15, 0.2) is 0 Å². The number of aromatic nitrogens is 2. The minimum atomic E-state index is -0.417. The molecule has 0 amide bonds. The summed E-state index contributed by atoms with van der Waals surface area (Å²) in [5.41, 5.74) is 2.80. The molecule has 0 radical (unpaired) electrons. The third-order valence-electron chi connectivity index (χ3n) is 4.80. The number of nitrogens with one attached hydrogen (secondary N) is 1. The van der Waals surface area contributed by atoms with Gasteiger partial charge in [-0.05, 0) is 37.5 Å². The molecule has 144 valence electrons. The van der Waals surface area contributed by atoms with Gasteiger partial charge in [0.25, 0.3) is 11.6 Å². The van der Waals surface area contributed by atoms with Crippen molar-refractivity contribution in [2.24, 2.45) is 0 Å². The molecule has 3 aromatic rings. The highest BCUT2D eigenvalue weighted by Crippen LogP contribution is 2.31. The third kappa shape index (κ3) is 3.72. The van der Waals surface area contributed by atoms with Gasteiger partial charge in [0.2, 0.25) is 5.82 Å². The zero-order valence-electron chi connectivity index (χ0n) is 15.4. The summed E-state index contributed by atoms with van der Waals surface area (Å²) in [7, 11) is 0. The summed E-state index contributed by atoms with van der Waals surface area (Å²) in [6.45, 7) is 3.25. The van der Waals surface area contributed by atoms with Gasteiger partial charge < -0.3 is 14.6 Å². The summed E-state index contributed by atoms with van der Waals surface area (Å²) >= 11 is 0. The van der Waals surface area contributed by atoms with Crippen molar-refractivity contribution in [1.82, 2.24) is 10.1 Å². The Balaban J connectivity index is 1.59. The van der Waals surface area contributed by atoms with Crippen LogP contribution >= 0.6 is 0 Å². The van der Waals surface area contributed by atoms with E-state index in [0.717, 1.165) is 30.6 Å². The Bertz CT molecular complexity index is 995. The summed E-state index contributed by atoms with van der Waals surface area (Å²) in [4.78, 5) is 15.5. The Kier molecular flexibility index (Phi) is 5.03. The average Bonchev–Trinajstić information content (AvgIpc) is 3.39. The number of ether oxygens (including phenoxy) is 1. The van der Waals surface area contributed by atoms with Crippen molar-refractivity contribution in [3.8, 4) is 22.8 Å². The number of nitrogens with zero attached hydrogens (tertiary/aromatic N) is 3. The van der Waals surface area contributed by atoms with Crippen LogP contribution in [0.2, 0.25) is 0 Å². The fraction of sp³-hybridized carbons (Fsp3) is 0.300. The van der Waals surface area contributed by atoms with Crippen molar-refractivity contribution in [2.45, 2.75) is 25.9 Å². The van der Waals surface area contributed by atoms with E-state index in [4.69, 9.17) is 9.26 Å². The molecule has 28 heavy (non-hydrogen) atoms. The van der Waals surface area contributed by atoms with Crippen LogP contribution in [0, 0.1) is 17.0 Å². The molecule has 1 saturated heterocycles. The second-order valence-corrected chi connectivity index (χ2v) is 6.74. The van der Waals surface area contributed by atoms with Crippen molar-refractivity contribution >= 4 is 11.4 Å². The molecule has 1 aliphatic heterocycles. The van der Waals surface area contributed by atoms with Gasteiger partial charge in [0, 0.05) is 30.3 Å². The Hall–Kier alpha value is -3.26. The number of anilines is 1. The average molecular weight is 380 g/mol. The molecule has 1 aliphatic rings. The molecule has 1 aromatic heterocycles. The summed E-state index contributed by atoms with van der Waals surface area (Å²) < 4.78 is 10.9. The molecule has 0 saturated carbocycles. The predicted molar refractivity (Wildman–Crippen MR) is 104 cm³/mol. The van der Waals surface area contributed by atoms with E-state index in [0.29, 0.717) is 23.6 Å². The fourth-order valence-corrected chi connectivity index (χ4v) is 3.27. The van der Waals surface area contributed by atoms with E-state index in [9.17, 15) is 10.1 Å². The first-order valence-corrected chi connectivity index (χ1v) is 9.16. The van der Waals surface area contributed by atoms with Crippen LogP contribution in [0.5, 0.6) is 0 Å². The van der Waals surface area contributed by atoms with Crippen LogP contribution in [-0.2, 0) is 4.74 Å². The van der Waals surface area contributed by atoms with Gasteiger partial charge in [-0.3, -0.25) is 10.1 Å². The molecule has 0 spiro atoms. The highest BCUT2D eigenvalue weighted by Gasteiger charge is 2.21. The maximum absolute atomic E-state index is 11.5. The Labute approximate surface area is 161 Å². The highest BCUT2D eigenvalue weighted by molar-refractivity contribution is 5.71. The molecule has 0 bridgehead atoms. The van der Waals surface area contributed by atoms with E-state index >= 15 is 0 Å². The summed E-state index contributed by atoms with van der Waals surface area (Å²) in [5.74, 6) is 0.698. The topological polar surface area (TPSA) is 103 Å². The van der Waals surface area contributed by atoms with E-state index in [1.165, 1.54) is 6.07 Å². The van der Waals surface area contributed by atoms with E-state index in [1.807, 2.05) is 31.2 Å². The Morgan fingerprint density at radius 1 is 1.29 bits per heavy atom. The number of hydrogen-bond donors (Lipinski definition) is 1. The molecule has 0 aliphatic carbocycles.